The number of carbonyl (C=O) groups is 2. The van der Waals surface area contributed by atoms with E-state index in [0.29, 0.717) is 13.0 Å². The molecule has 1 fully saturated rings. The Bertz CT molecular complexity index is 292. The molecule has 0 aromatic heterocycles. The van der Waals surface area contributed by atoms with E-state index in [1.807, 2.05) is 20.8 Å². The van der Waals surface area contributed by atoms with Crippen LogP contribution in [0, 0.1) is 5.92 Å². The van der Waals surface area contributed by atoms with Gasteiger partial charge in [-0.05, 0) is 26.7 Å². The molecule has 0 spiro atoms. The monoisotopic (exact) mass is 243 g/mol. The number of amides is 1. The molecule has 0 aromatic rings. The van der Waals surface area contributed by atoms with E-state index in [1.165, 1.54) is 4.90 Å². The van der Waals surface area contributed by atoms with Crippen LogP contribution in [0.4, 0.5) is 0 Å². The number of ether oxygens (including phenoxy) is 1. The summed E-state index contributed by atoms with van der Waals surface area (Å²) in [5.41, 5.74) is 0. The van der Waals surface area contributed by atoms with Crippen molar-refractivity contribution in [3.63, 3.8) is 0 Å². The van der Waals surface area contributed by atoms with Gasteiger partial charge in [-0.1, -0.05) is 6.92 Å². The van der Waals surface area contributed by atoms with Crippen molar-refractivity contribution >= 4 is 11.9 Å². The molecule has 3 unspecified atom stereocenters. The van der Waals surface area contributed by atoms with Gasteiger partial charge in [0.25, 0.3) is 0 Å². The third-order valence-electron chi connectivity index (χ3n) is 3.26. The summed E-state index contributed by atoms with van der Waals surface area (Å²) in [4.78, 5) is 24.5. The van der Waals surface area contributed by atoms with Crippen molar-refractivity contribution in [2.75, 3.05) is 13.2 Å². The quantitative estimate of drug-likeness (QED) is 0.785. The Morgan fingerprint density at radius 1 is 1.53 bits per heavy atom. The molecule has 1 aliphatic rings. The Hall–Kier alpha value is -1.10. The number of hydrogen-bond acceptors (Lipinski definition) is 3. The highest BCUT2D eigenvalue weighted by molar-refractivity contribution is 5.83. The molecular formula is C12H21NO4. The van der Waals surface area contributed by atoms with Crippen LogP contribution in [0.25, 0.3) is 0 Å². The van der Waals surface area contributed by atoms with E-state index in [0.717, 1.165) is 6.42 Å². The SMILES string of the molecule is CCC(C)N(CC(=O)O)C(=O)C1COC(C)C1. The summed E-state index contributed by atoms with van der Waals surface area (Å²) in [5, 5.41) is 8.85. The molecule has 1 amide bonds. The van der Waals surface area contributed by atoms with Gasteiger partial charge in [-0.2, -0.15) is 0 Å². The van der Waals surface area contributed by atoms with Gasteiger partial charge >= 0.3 is 5.97 Å². The highest BCUT2D eigenvalue weighted by Crippen LogP contribution is 2.22. The van der Waals surface area contributed by atoms with Gasteiger partial charge in [0, 0.05) is 6.04 Å². The van der Waals surface area contributed by atoms with E-state index in [9.17, 15) is 9.59 Å². The predicted octanol–water partition coefficient (Wildman–Crippen LogP) is 1.12. The average Bonchev–Trinajstić information content (AvgIpc) is 2.70. The molecule has 5 heteroatoms. The lowest BCUT2D eigenvalue weighted by Crippen LogP contribution is -2.45. The molecule has 17 heavy (non-hydrogen) atoms. The third-order valence-corrected chi connectivity index (χ3v) is 3.26. The van der Waals surface area contributed by atoms with Crippen LogP contribution in [0.2, 0.25) is 0 Å². The second-order valence-corrected chi connectivity index (χ2v) is 4.69. The van der Waals surface area contributed by atoms with E-state index in [-0.39, 0.29) is 30.5 Å². The topological polar surface area (TPSA) is 66.8 Å². The summed E-state index contributed by atoms with van der Waals surface area (Å²) >= 11 is 0. The number of carboxylic acids is 1. The largest absolute Gasteiger partial charge is 0.480 e. The molecule has 1 rings (SSSR count). The van der Waals surface area contributed by atoms with E-state index in [2.05, 4.69) is 0 Å². The second-order valence-electron chi connectivity index (χ2n) is 4.69. The maximum Gasteiger partial charge on any atom is 0.323 e. The van der Waals surface area contributed by atoms with Crippen LogP contribution in [0.1, 0.15) is 33.6 Å². The van der Waals surface area contributed by atoms with Gasteiger partial charge in [0.2, 0.25) is 5.91 Å². The Morgan fingerprint density at radius 3 is 2.59 bits per heavy atom. The fraction of sp³-hybridized carbons (Fsp3) is 0.833. The third kappa shape index (κ3) is 3.70. The summed E-state index contributed by atoms with van der Waals surface area (Å²) in [6.45, 7) is 5.93. The molecule has 0 saturated carbocycles. The lowest BCUT2D eigenvalue weighted by Gasteiger charge is -2.29. The van der Waals surface area contributed by atoms with Gasteiger partial charge in [0.15, 0.2) is 0 Å². The van der Waals surface area contributed by atoms with Gasteiger partial charge in [-0.15, -0.1) is 0 Å². The van der Waals surface area contributed by atoms with Crippen molar-refractivity contribution in [1.29, 1.82) is 0 Å². The molecule has 1 aliphatic heterocycles. The Balaban J connectivity index is 2.68. The molecule has 1 saturated heterocycles. The van der Waals surface area contributed by atoms with Crippen molar-refractivity contribution in [3.05, 3.63) is 0 Å². The van der Waals surface area contributed by atoms with Crippen LogP contribution in [-0.2, 0) is 14.3 Å². The average molecular weight is 243 g/mol. The van der Waals surface area contributed by atoms with Crippen LogP contribution < -0.4 is 0 Å². The standard InChI is InChI=1S/C12H21NO4/c1-4-8(2)13(6-11(14)15)12(16)10-5-9(3)17-7-10/h8-10H,4-7H2,1-3H3,(H,14,15). The number of aliphatic carboxylic acids is 1. The number of hydrogen-bond donors (Lipinski definition) is 1. The summed E-state index contributed by atoms with van der Waals surface area (Å²) in [5.74, 6) is -1.24. The molecule has 0 radical (unpaired) electrons. The number of carbonyl (C=O) groups excluding carboxylic acids is 1. The minimum Gasteiger partial charge on any atom is -0.480 e. The minimum absolute atomic E-state index is 0.0468. The lowest BCUT2D eigenvalue weighted by atomic mass is 10.0. The molecule has 0 bridgehead atoms. The highest BCUT2D eigenvalue weighted by Gasteiger charge is 2.33. The highest BCUT2D eigenvalue weighted by atomic mass is 16.5. The summed E-state index contributed by atoms with van der Waals surface area (Å²) < 4.78 is 5.36. The molecule has 3 atom stereocenters. The zero-order valence-corrected chi connectivity index (χ0v) is 10.7. The zero-order valence-electron chi connectivity index (χ0n) is 10.7. The minimum atomic E-state index is -0.967. The first-order chi connectivity index (χ1) is 7.95. The van der Waals surface area contributed by atoms with Gasteiger partial charge < -0.3 is 14.7 Å². The van der Waals surface area contributed by atoms with Crippen molar-refractivity contribution in [3.8, 4) is 0 Å². The summed E-state index contributed by atoms with van der Waals surface area (Å²) in [6, 6.07) is -0.0468. The summed E-state index contributed by atoms with van der Waals surface area (Å²) in [7, 11) is 0. The fourth-order valence-electron chi connectivity index (χ4n) is 2.04. The van der Waals surface area contributed by atoms with Gasteiger partial charge in [0.1, 0.15) is 6.54 Å². The van der Waals surface area contributed by atoms with Gasteiger partial charge in [-0.3, -0.25) is 9.59 Å². The Kier molecular flexibility index (Phi) is 4.93. The van der Waals surface area contributed by atoms with Crippen LogP contribution in [0.3, 0.4) is 0 Å². The van der Waals surface area contributed by atoms with Crippen molar-refractivity contribution in [1.82, 2.24) is 4.90 Å². The van der Waals surface area contributed by atoms with E-state index >= 15 is 0 Å². The van der Waals surface area contributed by atoms with Crippen molar-refractivity contribution in [2.45, 2.75) is 45.8 Å². The van der Waals surface area contributed by atoms with Gasteiger partial charge in [-0.25, -0.2) is 0 Å². The van der Waals surface area contributed by atoms with Crippen LogP contribution in [0.5, 0.6) is 0 Å². The van der Waals surface area contributed by atoms with E-state index < -0.39 is 5.97 Å². The molecular weight excluding hydrogens is 222 g/mol. The summed E-state index contributed by atoms with van der Waals surface area (Å²) in [6.07, 6.45) is 1.53. The van der Waals surface area contributed by atoms with Crippen molar-refractivity contribution in [2.24, 2.45) is 5.92 Å². The first-order valence-electron chi connectivity index (χ1n) is 6.09. The second kappa shape index (κ2) is 6.00. The van der Waals surface area contributed by atoms with Crippen molar-refractivity contribution < 1.29 is 19.4 Å². The predicted molar refractivity (Wildman–Crippen MR) is 62.6 cm³/mol. The molecule has 0 aliphatic carbocycles. The van der Waals surface area contributed by atoms with Crippen LogP contribution in [-0.4, -0.2) is 47.2 Å². The molecule has 98 valence electrons. The van der Waals surface area contributed by atoms with Gasteiger partial charge in [0.05, 0.1) is 18.6 Å². The Morgan fingerprint density at radius 2 is 2.18 bits per heavy atom. The lowest BCUT2D eigenvalue weighted by molar-refractivity contribution is -0.148. The van der Waals surface area contributed by atoms with E-state index in [4.69, 9.17) is 9.84 Å². The maximum absolute atomic E-state index is 12.2. The van der Waals surface area contributed by atoms with Crippen LogP contribution in [0.15, 0.2) is 0 Å². The molecule has 5 nitrogen and oxygen atoms in total. The zero-order chi connectivity index (χ0) is 13.0. The smallest absolute Gasteiger partial charge is 0.323 e. The maximum atomic E-state index is 12.2. The molecule has 1 heterocycles. The van der Waals surface area contributed by atoms with Crippen LogP contribution >= 0.6 is 0 Å². The Labute approximate surface area is 102 Å². The first kappa shape index (κ1) is 14.0. The number of rotatable bonds is 5. The fourth-order valence-corrected chi connectivity index (χ4v) is 2.04. The molecule has 0 aromatic carbocycles. The number of nitrogens with zero attached hydrogens (tertiary/aromatic N) is 1. The van der Waals surface area contributed by atoms with E-state index in [1.54, 1.807) is 0 Å². The normalized spacial score (nSPS) is 25.6. The molecule has 1 N–H and O–H groups in total. The number of carboxylic acid groups (broad SMARTS) is 1. The first-order valence-corrected chi connectivity index (χ1v) is 6.09.